The van der Waals surface area contributed by atoms with Crippen molar-refractivity contribution in [2.75, 3.05) is 0 Å². The second-order valence-electron chi connectivity index (χ2n) is 3.69. The van der Waals surface area contributed by atoms with E-state index in [9.17, 15) is 4.79 Å². The van der Waals surface area contributed by atoms with E-state index in [1.807, 2.05) is 0 Å². The van der Waals surface area contributed by atoms with Gasteiger partial charge < -0.3 is 5.73 Å². The summed E-state index contributed by atoms with van der Waals surface area (Å²) in [6.45, 7) is 0.471. The Bertz CT molecular complexity index is 411. The van der Waals surface area contributed by atoms with Crippen molar-refractivity contribution in [3.63, 3.8) is 0 Å². The van der Waals surface area contributed by atoms with Gasteiger partial charge in [-0.2, -0.15) is 0 Å². The molecule has 0 saturated heterocycles. The number of rotatable bonds is 3. The molecule has 0 atom stereocenters. The second-order valence-corrected chi connectivity index (χ2v) is 3.69. The number of H-pyrrole nitrogens is 1. The molecule has 76 valence electrons. The molecule has 1 aromatic rings. The minimum absolute atomic E-state index is 0.0415. The normalized spacial score (nSPS) is 17.4. The molecule has 0 radical (unpaired) electrons. The SMILES string of the molecule is Cn1[nH]c(CN=C(N)C2CC2)cc1=O. The van der Waals surface area contributed by atoms with Gasteiger partial charge in [-0.1, -0.05) is 0 Å². The van der Waals surface area contributed by atoms with Crippen LogP contribution in [-0.4, -0.2) is 15.6 Å². The average molecular weight is 194 g/mol. The van der Waals surface area contributed by atoms with E-state index >= 15 is 0 Å². The fraction of sp³-hybridized carbons (Fsp3) is 0.556. The van der Waals surface area contributed by atoms with E-state index in [0.717, 1.165) is 24.4 Å². The summed E-state index contributed by atoms with van der Waals surface area (Å²) in [6, 6.07) is 1.55. The number of hydrogen-bond acceptors (Lipinski definition) is 2. The summed E-state index contributed by atoms with van der Waals surface area (Å²) in [4.78, 5) is 15.3. The first-order chi connectivity index (χ1) is 6.66. The molecule has 14 heavy (non-hydrogen) atoms. The quantitative estimate of drug-likeness (QED) is 0.524. The maximum Gasteiger partial charge on any atom is 0.266 e. The third kappa shape index (κ3) is 1.86. The molecule has 3 N–H and O–H groups in total. The Kier molecular flexibility index (Phi) is 2.15. The minimum atomic E-state index is -0.0415. The van der Waals surface area contributed by atoms with Crippen LogP contribution in [0, 0.1) is 5.92 Å². The van der Waals surface area contributed by atoms with Gasteiger partial charge >= 0.3 is 0 Å². The first-order valence-corrected chi connectivity index (χ1v) is 4.71. The van der Waals surface area contributed by atoms with Gasteiger partial charge in [-0.25, -0.2) is 0 Å². The Labute approximate surface area is 81.6 Å². The second kappa shape index (κ2) is 3.32. The molecule has 1 heterocycles. The van der Waals surface area contributed by atoms with Crippen LogP contribution in [0.3, 0.4) is 0 Å². The van der Waals surface area contributed by atoms with Crippen molar-refractivity contribution < 1.29 is 0 Å². The highest BCUT2D eigenvalue weighted by molar-refractivity contribution is 5.84. The molecule has 0 unspecified atom stereocenters. The molecule has 1 aliphatic rings. The van der Waals surface area contributed by atoms with Gasteiger partial charge in [0.2, 0.25) is 0 Å². The number of nitrogens with zero attached hydrogens (tertiary/aromatic N) is 2. The first kappa shape index (κ1) is 9.05. The highest BCUT2D eigenvalue weighted by Crippen LogP contribution is 2.28. The zero-order chi connectivity index (χ0) is 10.1. The topological polar surface area (TPSA) is 76.2 Å². The fourth-order valence-corrected chi connectivity index (χ4v) is 1.31. The van der Waals surface area contributed by atoms with Gasteiger partial charge in [-0.3, -0.25) is 19.6 Å². The summed E-state index contributed by atoms with van der Waals surface area (Å²) in [6.07, 6.45) is 2.31. The van der Waals surface area contributed by atoms with Crippen molar-refractivity contribution in [3.8, 4) is 0 Å². The van der Waals surface area contributed by atoms with Crippen LogP contribution in [0.1, 0.15) is 18.5 Å². The fourth-order valence-electron chi connectivity index (χ4n) is 1.31. The molecule has 5 nitrogen and oxygen atoms in total. The summed E-state index contributed by atoms with van der Waals surface area (Å²) < 4.78 is 1.43. The highest BCUT2D eigenvalue weighted by Gasteiger charge is 2.25. The molecule has 0 bridgehead atoms. The van der Waals surface area contributed by atoms with Crippen LogP contribution < -0.4 is 11.3 Å². The molecule has 0 spiro atoms. The molecule has 1 fully saturated rings. The largest absolute Gasteiger partial charge is 0.387 e. The van der Waals surface area contributed by atoms with Gasteiger partial charge in [0.05, 0.1) is 18.1 Å². The van der Waals surface area contributed by atoms with Crippen molar-refractivity contribution in [1.29, 1.82) is 0 Å². The smallest absolute Gasteiger partial charge is 0.266 e. The lowest BCUT2D eigenvalue weighted by molar-refractivity contribution is 0.720. The number of aromatic amines is 1. The summed E-state index contributed by atoms with van der Waals surface area (Å²) in [7, 11) is 1.68. The molecule has 0 amide bonds. The Balaban J connectivity index is 2.03. The Hall–Kier alpha value is -1.52. The van der Waals surface area contributed by atoms with Crippen LogP contribution in [0.4, 0.5) is 0 Å². The van der Waals surface area contributed by atoms with Gasteiger partial charge in [0.25, 0.3) is 5.56 Å². The maximum absolute atomic E-state index is 11.1. The van der Waals surface area contributed by atoms with E-state index in [1.54, 1.807) is 13.1 Å². The Morgan fingerprint density at radius 3 is 3.00 bits per heavy atom. The molecule has 1 saturated carbocycles. The van der Waals surface area contributed by atoms with E-state index in [0.29, 0.717) is 12.5 Å². The number of amidine groups is 1. The van der Waals surface area contributed by atoms with Gasteiger partial charge in [0.1, 0.15) is 0 Å². The third-order valence-electron chi connectivity index (χ3n) is 2.37. The van der Waals surface area contributed by atoms with Crippen LogP contribution in [0.5, 0.6) is 0 Å². The Morgan fingerprint density at radius 2 is 2.50 bits per heavy atom. The summed E-state index contributed by atoms with van der Waals surface area (Å²) in [5.74, 6) is 1.21. The van der Waals surface area contributed by atoms with Crippen molar-refractivity contribution in [2.24, 2.45) is 23.7 Å². The number of aryl methyl sites for hydroxylation is 1. The number of nitrogens with two attached hydrogens (primary N) is 1. The number of aromatic nitrogens is 2. The van der Waals surface area contributed by atoms with E-state index in [1.165, 1.54) is 4.68 Å². The van der Waals surface area contributed by atoms with Crippen molar-refractivity contribution in [2.45, 2.75) is 19.4 Å². The average Bonchev–Trinajstić information content (AvgIpc) is 2.92. The summed E-state index contributed by atoms with van der Waals surface area (Å²) in [5, 5.41) is 2.90. The van der Waals surface area contributed by atoms with Crippen molar-refractivity contribution >= 4 is 5.84 Å². The van der Waals surface area contributed by atoms with Gasteiger partial charge in [0.15, 0.2) is 0 Å². The predicted octanol–water partition coefficient (Wildman–Crippen LogP) is -0.0194. The zero-order valence-corrected chi connectivity index (χ0v) is 8.16. The highest BCUT2D eigenvalue weighted by atomic mass is 16.1. The van der Waals surface area contributed by atoms with E-state index < -0.39 is 0 Å². The minimum Gasteiger partial charge on any atom is -0.387 e. The van der Waals surface area contributed by atoms with Crippen LogP contribution in [0.15, 0.2) is 15.9 Å². The van der Waals surface area contributed by atoms with Gasteiger partial charge in [0, 0.05) is 19.0 Å². The number of aliphatic imine (C=N–C) groups is 1. The molecular formula is C9H14N4O. The maximum atomic E-state index is 11.1. The third-order valence-corrected chi connectivity index (χ3v) is 2.37. The van der Waals surface area contributed by atoms with E-state index in [2.05, 4.69) is 10.1 Å². The first-order valence-electron chi connectivity index (χ1n) is 4.71. The van der Waals surface area contributed by atoms with Crippen LogP contribution in [0.25, 0.3) is 0 Å². The number of nitrogens with one attached hydrogen (secondary N) is 1. The van der Waals surface area contributed by atoms with Crippen LogP contribution in [-0.2, 0) is 13.6 Å². The summed E-state index contributed by atoms with van der Waals surface area (Å²) in [5.41, 5.74) is 6.49. The molecule has 1 aliphatic carbocycles. The van der Waals surface area contributed by atoms with E-state index in [4.69, 9.17) is 5.73 Å². The van der Waals surface area contributed by atoms with Gasteiger partial charge in [-0.05, 0) is 12.8 Å². The monoisotopic (exact) mass is 194 g/mol. The molecule has 1 aromatic heterocycles. The van der Waals surface area contributed by atoms with Gasteiger partial charge in [-0.15, -0.1) is 0 Å². The lowest BCUT2D eigenvalue weighted by Gasteiger charge is -1.96. The molecule has 2 rings (SSSR count). The molecule has 0 aromatic carbocycles. The van der Waals surface area contributed by atoms with E-state index in [-0.39, 0.29) is 5.56 Å². The standard InChI is InChI=1S/C9H14N4O/c1-13-8(14)4-7(12-13)5-11-9(10)6-2-3-6/h4,6,12H,2-3,5H2,1H3,(H2,10,11). The summed E-state index contributed by atoms with van der Waals surface area (Å²) >= 11 is 0. The molecule has 0 aliphatic heterocycles. The van der Waals surface area contributed by atoms with Crippen LogP contribution in [0.2, 0.25) is 0 Å². The molecular weight excluding hydrogens is 180 g/mol. The van der Waals surface area contributed by atoms with Crippen molar-refractivity contribution in [3.05, 3.63) is 22.1 Å². The predicted molar refractivity (Wildman–Crippen MR) is 54.1 cm³/mol. The molecule has 5 heteroatoms. The lowest BCUT2D eigenvalue weighted by Crippen LogP contribution is -2.14. The van der Waals surface area contributed by atoms with Crippen molar-refractivity contribution in [1.82, 2.24) is 9.78 Å². The number of hydrogen-bond donors (Lipinski definition) is 2. The Morgan fingerprint density at radius 1 is 1.79 bits per heavy atom. The zero-order valence-electron chi connectivity index (χ0n) is 8.16. The van der Waals surface area contributed by atoms with Crippen LogP contribution >= 0.6 is 0 Å². The lowest BCUT2D eigenvalue weighted by atomic mass is 10.4.